The molecule has 46 heavy (non-hydrogen) atoms. The van der Waals surface area contributed by atoms with Gasteiger partial charge in [-0.3, -0.25) is 14.5 Å². The van der Waals surface area contributed by atoms with Gasteiger partial charge >= 0.3 is 0 Å². The summed E-state index contributed by atoms with van der Waals surface area (Å²) in [5, 5.41) is 4.01. The Kier molecular flexibility index (Phi) is 9.81. The Balaban J connectivity index is 1.12. The van der Waals surface area contributed by atoms with Gasteiger partial charge in [0.1, 0.15) is 11.6 Å². The number of halogens is 2. The topological polar surface area (TPSA) is 63.6 Å². The van der Waals surface area contributed by atoms with Gasteiger partial charge in [0.2, 0.25) is 0 Å². The van der Waals surface area contributed by atoms with Crippen molar-refractivity contribution in [3.8, 4) is 5.75 Å². The van der Waals surface area contributed by atoms with Crippen LogP contribution in [0.3, 0.4) is 0 Å². The van der Waals surface area contributed by atoms with Crippen molar-refractivity contribution < 1.29 is 18.7 Å². The van der Waals surface area contributed by atoms with Gasteiger partial charge in [-0.15, -0.1) is 0 Å². The van der Waals surface area contributed by atoms with Gasteiger partial charge in [0.25, 0.3) is 5.91 Å². The van der Waals surface area contributed by atoms with Gasteiger partial charge in [-0.25, -0.2) is 4.39 Å². The SMILES string of the molecule is Cc1cccc(CNC(=O)c2cn(CCCN3[C@@H]4CC[C@H]3C[C@H](CC(=O)c3ccc(F)c(Cl)c3)C4)c3c(OC(C)C)cccc23)c1. The molecule has 4 aromatic rings. The number of nitrogens with zero attached hydrogens (tertiary/aromatic N) is 2. The average Bonchev–Trinajstić information content (AvgIpc) is 3.51. The third kappa shape index (κ3) is 7.16. The number of para-hydroxylation sites is 1. The maximum Gasteiger partial charge on any atom is 0.253 e. The number of hydrogen-bond acceptors (Lipinski definition) is 4. The highest BCUT2D eigenvalue weighted by Gasteiger charge is 2.40. The molecule has 1 aromatic heterocycles. The summed E-state index contributed by atoms with van der Waals surface area (Å²) >= 11 is 5.93. The lowest BCUT2D eigenvalue weighted by Gasteiger charge is -2.39. The molecule has 3 atom stereocenters. The van der Waals surface area contributed by atoms with Crippen LogP contribution in [0.25, 0.3) is 10.9 Å². The zero-order chi connectivity index (χ0) is 32.4. The minimum Gasteiger partial charge on any atom is -0.489 e. The number of aromatic nitrogens is 1. The number of ether oxygens (including phenoxy) is 1. The largest absolute Gasteiger partial charge is 0.489 e. The molecule has 0 aliphatic carbocycles. The van der Waals surface area contributed by atoms with Crippen LogP contribution in [0.5, 0.6) is 5.75 Å². The van der Waals surface area contributed by atoms with Crippen molar-refractivity contribution in [3.05, 3.63) is 100.0 Å². The first-order valence-corrected chi connectivity index (χ1v) is 16.9. The lowest BCUT2D eigenvalue weighted by molar-refractivity contribution is 0.0807. The third-order valence-corrected chi connectivity index (χ3v) is 9.81. The van der Waals surface area contributed by atoms with E-state index in [1.54, 1.807) is 0 Å². The van der Waals surface area contributed by atoms with E-state index in [4.69, 9.17) is 16.3 Å². The standard InChI is InChI=1S/C38H43ClFN3O3/c1-24(2)46-36-10-5-9-31-32(38(45)41-22-26-8-4-7-25(3)17-26)23-42(37(31)36)15-6-16-43-29-12-13-30(43)19-27(18-29)20-35(44)28-11-14-34(40)33(39)21-28/h4-5,7-11,14,17,21,23-24,27,29-30H,6,12-13,15-16,18-20,22H2,1-3H3,(H,41,45)/t27-,29-,30+. The molecule has 0 radical (unpaired) electrons. The fourth-order valence-corrected chi connectivity index (χ4v) is 7.70. The van der Waals surface area contributed by atoms with Crippen molar-refractivity contribution in [2.45, 2.75) is 90.6 Å². The van der Waals surface area contributed by atoms with E-state index in [0.717, 1.165) is 67.4 Å². The lowest BCUT2D eigenvalue weighted by Crippen LogP contribution is -2.43. The fraction of sp³-hybridized carbons (Fsp3) is 0.421. The van der Waals surface area contributed by atoms with E-state index in [9.17, 15) is 14.0 Å². The predicted octanol–water partition coefficient (Wildman–Crippen LogP) is 8.37. The number of carbonyl (C=O) groups is 2. The summed E-state index contributed by atoms with van der Waals surface area (Å²) in [6.45, 7) is 8.29. The van der Waals surface area contributed by atoms with E-state index < -0.39 is 5.82 Å². The first kappa shape index (κ1) is 32.3. The Labute approximate surface area is 275 Å². The highest BCUT2D eigenvalue weighted by atomic mass is 35.5. The predicted molar refractivity (Wildman–Crippen MR) is 181 cm³/mol. The van der Waals surface area contributed by atoms with Crippen LogP contribution < -0.4 is 10.1 Å². The molecule has 3 heterocycles. The van der Waals surface area contributed by atoms with Gasteiger partial charge in [-0.1, -0.05) is 53.6 Å². The van der Waals surface area contributed by atoms with Crippen LogP contribution >= 0.6 is 11.6 Å². The van der Waals surface area contributed by atoms with Crippen molar-refractivity contribution >= 4 is 34.2 Å². The van der Waals surface area contributed by atoms with Crippen LogP contribution in [-0.4, -0.2) is 45.9 Å². The first-order valence-electron chi connectivity index (χ1n) is 16.5. The van der Waals surface area contributed by atoms with E-state index in [1.807, 2.05) is 50.4 Å². The first-order chi connectivity index (χ1) is 22.2. The second-order valence-electron chi connectivity index (χ2n) is 13.3. The number of hydrogen-bond donors (Lipinski definition) is 1. The molecule has 6 rings (SSSR count). The summed E-state index contributed by atoms with van der Waals surface area (Å²) in [6.07, 6.45) is 7.72. The second kappa shape index (κ2) is 14.0. The Morgan fingerprint density at radius 1 is 1.02 bits per heavy atom. The molecule has 2 bridgehead atoms. The number of carbonyl (C=O) groups excluding carboxylic acids is 2. The lowest BCUT2D eigenvalue weighted by atomic mass is 9.85. The summed E-state index contributed by atoms with van der Waals surface area (Å²) in [7, 11) is 0. The van der Waals surface area contributed by atoms with Crippen molar-refractivity contribution in [2.24, 2.45) is 5.92 Å². The van der Waals surface area contributed by atoms with Gasteiger partial charge in [0, 0.05) is 55.3 Å². The van der Waals surface area contributed by atoms with Crippen LogP contribution in [0.1, 0.15) is 84.2 Å². The number of amides is 1. The normalized spacial score (nSPS) is 19.6. The van der Waals surface area contributed by atoms with E-state index in [1.165, 1.54) is 23.8 Å². The number of fused-ring (bicyclic) bond motifs is 3. The van der Waals surface area contributed by atoms with Crippen molar-refractivity contribution in [3.63, 3.8) is 0 Å². The molecule has 0 spiro atoms. The van der Waals surface area contributed by atoms with Crippen LogP contribution in [0, 0.1) is 18.7 Å². The summed E-state index contributed by atoms with van der Waals surface area (Å²) in [5.74, 6) is 0.564. The monoisotopic (exact) mass is 643 g/mol. The van der Waals surface area contributed by atoms with E-state index in [-0.39, 0.29) is 22.8 Å². The summed E-state index contributed by atoms with van der Waals surface area (Å²) in [4.78, 5) is 29.1. The molecule has 3 aromatic carbocycles. The third-order valence-electron chi connectivity index (χ3n) is 9.52. The minimum atomic E-state index is -0.501. The summed E-state index contributed by atoms with van der Waals surface area (Å²) < 4.78 is 22.0. The number of benzene rings is 3. The molecule has 8 heteroatoms. The highest BCUT2D eigenvalue weighted by Crippen LogP contribution is 2.40. The summed E-state index contributed by atoms with van der Waals surface area (Å²) in [5.41, 5.74) is 4.34. The van der Waals surface area contributed by atoms with E-state index in [0.29, 0.717) is 42.1 Å². The molecule has 0 unspecified atom stereocenters. The molecular weight excluding hydrogens is 601 g/mol. The molecule has 2 aliphatic heterocycles. The van der Waals surface area contributed by atoms with Gasteiger partial charge < -0.3 is 14.6 Å². The molecule has 2 aliphatic rings. The molecule has 2 saturated heterocycles. The highest BCUT2D eigenvalue weighted by molar-refractivity contribution is 6.31. The number of Topliss-reactive ketones (excluding diaryl/α,β-unsaturated/α-hetero) is 1. The van der Waals surface area contributed by atoms with Crippen molar-refractivity contribution in [2.75, 3.05) is 6.54 Å². The molecule has 1 amide bonds. The Morgan fingerprint density at radius 2 is 1.78 bits per heavy atom. The number of rotatable bonds is 12. The maximum atomic E-state index is 13.6. The molecular formula is C38H43ClFN3O3. The molecule has 6 nitrogen and oxygen atoms in total. The summed E-state index contributed by atoms with van der Waals surface area (Å²) in [6, 6.07) is 19.3. The van der Waals surface area contributed by atoms with Crippen molar-refractivity contribution in [1.82, 2.24) is 14.8 Å². The van der Waals surface area contributed by atoms with Crippen LogP contribution in [0.4, 0.5) is 4.39 Å². The Bertz CT molecular complexity index is 1720. The number of ketones is 1. The maximum absolute atomic E-state index is 13.6. The van der Waals surface area contributed by atoms with Gasteiger partial charge in [-0.05, 0) is 88.6 Å². The molecule has 2 fully saturated rings. The van der Waals surface area contributed by atoms with Gasteiger partial charge in [0.15, 0.2) is 5.78 Å². The van der Waals surface area contributed by atoms with Crippen molar-refractivity contribution in [1.29, 1.82) is 0 Å². The van der Waals surface area contributed by atoms with Crippen LogP contribution in [0.2, 0.25) is 5.02 Å². The van der Waals surface area contributed by atoms with Gasteiger partial charge in [0.05, 0.1) is 22.2 Å². The molecule has 1 N–H and O–H groups in total. The number of piperidine rings is 1. The zero-order valence-corrected chi connectivity index (χ0v) is 27.7. The fourth-order valence-electron chi connectivity index (χ4n) is 7.52. The van der Waals surface area contributed by atoms with Crippen LogP contribution in [-0.2, 0) is 13.1 Å². The van der Waals surface area contributed by atoms with Crippen LogP contribution in [0.15, 0.2) is 66.9 Å². The smallest absolute Gasteiger partial charge is 0.253 e. The number of aryl methyl sites for hydroxylation is 2. The quantitative estimate of drug-likeness (QED) is 0.158. The molecule has 242 valence electrons. The minimum absolute atomic E-state index is 0.00546. The molecule has 0 saturated carbocycles. The van der Waals surface area contributed by atoms with E-state index in [2.05, 4.69) is 33.8 Å². The zero-order valence-electron chi connectivity index (χ0n) is 26.9. The van der Waals surface area contributed by atoms with Gasteiger partial charge in [-0.2, -0.15) is 0 Å². The second-order valence-corrected chi connectivity index (χ2v) is 13.7. The Morgan fingerprint density at radius 3 is 2.50 bits per heavy atom. The average molecular weight is 644 g/mol. The Hall–Kier alpha value is -3.68. The number of nitrogens with one attached hydrogen (secondary N) is 1. The van der Waals surface area contributed by atoms with E-state index >= 15 is 0 Å².